The van der Waals surface area contributed by atoms with E-state index >= 15 is 0 Å². The number of halogens is 3. The van der Waals surface area contributed by atoms with Gasteiger partial charge < -0.3 is 0 Å². The van der Waals surface area contributed by atoms with Crippen molar-refractivity contribution in [2.24, 2.45) is 5.92 Å². The molecule has 0 amide bonds. The standard InChI is InChI=1S/C7H6Cl3.Ti/c8-7(9,10)5-6-3-1-2-4-6;/h1-6H;. The molecular weight excluding hydrogens is 238 g/mol. The third-order valence-electron chi connectivity index (χ3n) is 1.16. The van der Waals surface area contributed by atoms with Crippen LogP contribution in [0.2, 0.25) is 0 Å². The summed E-state index contributed by atoms with van der Waals surface area (Å²) in [5, 5.41) is 0. The van der Waals surface area contributed by atoms with E-state index in [1.54, 1.807) is 6.42 Å². The fourth-order valence-electron chi connectivity index (χ4n) is 0.778. The van der Waals surface area contributed by atoms with Gasteiger partial charge in [-0.3, -0.25) is 0 Å². The van der Waals surface area contributed by atoms with Gasteiger partial charge >= 0.3 is 0 Å². The molecule has 0 aromatic carbocycles. The molecule has 1 aliphatic carbocycles. The summed E-state index contributed by atoms with van der Waals surface area (Å²) in [5.74, 6) is 0.174. The summed E-state index contributed by atoms with van der Waals surface area (Å²) in [7, 11) is 0. The molecule has 4 heteroatoms. The van der Waals surface area contributed by atoms with Gasteiger partial charge in [0.05, 0.1) is 0 Å². The number of rotatable bonds is 1. The van der Waals surface area contributed by atoms with Gasteiger partial charge in [-0.1, -0.05) is 59.1 Å². The minimum atomic E-state index is -1.25. The first-order valence-corrected chi connectivity index (χ1v) is 3.99. The van der Waals surface area contributed by atoms with Crippen molar-refractivity contribution in [3.63, 3.8) is 0 Å². The van der Waals surface area contributed by atoms with Crippen LogP contribution in [0.15, 0.2) is 24.3 Å². The zero-order valence-corrected chi connectivity index (χ0v) is 9.43. The summed E-state index contributed by atoms with van der Waals surface area (Å²) in [4.78, 5) is 0. The fourth-order valence-corrected chi connectivity index (χ4v) is 1.21. The molecule has 1 rings (SSSR count). The summed E-state index contributed by atoms with van der Waals surface area (Å²) in [6, 6.07) is 0. The number of hydrogen-bond acceptors (Lipinski definition) is 0. The quantitative estimate of drug-likeness (QED) is 0.490. The first-order chi connectivity index (χ1) is 4.58. The maximum atomic E-state index is 5.52. The van der Waals surface area contributed by atoms with Crippen LogP contribution in [0.5, 0.6) is 0 Å². The van der Waals surface area contributed by atoms with Crippen molar-refractivity contribution in [1.29, 1.82) is 0 Å². The normalized spacial score (nSPS) is 17.0. The van der Waals surface area contributed by atoms with Crippen LogP contribution >= 0.6 is 34.8 Å². The van der Waals surface area contributed by atoms with Gasteiger partial charge in [0.1, 0.15) is 0 Å². The van der Waals surface area contributed by atoms with Gasteiger partial charge in [-0.25, -0.2) is 0 Å². The predicted octanol–water partition coefficient (Wildman–Crippen LogP) is 3.30. The second kappa shape index (κ2) is 4.94. The molecule has 0 bridgehead atoms. The molecule has 0 spiro atoms. The Balaban J connectivity index is 0.000001000. The first-order valence-electron chi connectivity index (χ1n) is 2.86. The molecule has 59 valence electrons. The van der Waals surface area contributed by atoms with Gasteiger partial charge in [0.2, 0.25) is 0 Å². The molecule has 1 aliphatic rings. The fraction of sp³-hybridized carbons (Fsp3) is 0.286. The van der Waals surface area contributed by atoms with Gasteiger partial charge in [0.15, 0.2) is 3.79 Å². The van der Waals surface area contributed by atoms with E-state index in [0.29, 0.717) is 0 Å². The molecule has 0 saturated heterocycles. The second-order valence-corrected chi connectivity index (χ2v) is 4.42. The van der Waals surface area contributed by atoms with Crippen molar-refractivity contribution in [3.8, 4) is 0 Å². The van der Waals surface area contributed by atoms with Crippen LogP contribution in [0.4, 0.5) is 0 Å². The van der Waals surface area contributed by atoms with Gasteiger partial charge in [-0.05, 0) is 0 Å². The van der Waals surface area contributed by atoms with Crippen molar-refractivity contribution < 1.29 is 21.7 Å². The smallest absolute Gasteiger partial charge is 0.0833 e. The Morgan fingerprint density at radius 1 is 1.09 bits per heavy atom. The summed E-state index contributed by atoms with van der Waals surface area (Å²) >= 11 is 16.6. The summed E-state index contributed by atoms with van der Waals surface area (Å²) in [5.41, 5.74) is 0. The summed E-state index contributed by atoms with van der Waals surface area (Å²) in [6.07, 6.45) is 9.43. The van der Waals surface area contributed by atoms with Gasteiger partial charge in [-0.15, -0.1) is 0 Å². The van der Waals surface area contributed by atoms with Crippen molar-refractivity contribution in [1.82, 2.24) is 0 Å². The van der Waals surface area contributed by atoms with Crippen LogP contribution in [0, 0.1) is 12.3 Å². The van der Waals surface area contributed by atoms with E-state index in [0.717, 1.165) is 0 Å². The zero-order chi connectivity index (χ0) is 7.61. The maximum absolute atomic E-state index is 5.52. The largest absolute Gasteiger partial charge is 0.194 e. The molecule has 0 nitrogen and oxygen atoms in total. The van der Waals surface area contributed by atoms with Crippen LogP contribution in [-0.4, -0.2) is 3.79 Å². The van der Waals surface area contributed by atoms with Gasteiger partial charge in [0, 0.05) is 34.1 Å². The number of allylic oxidation sites excluding steroid dienone is 4. The third kappa shape index (κ3) is 5.33. The molecule has 0 aromatic rings. The minimum absolute atomic E-state index is 0. The molecule has 0 aliphatic heterocycles. The molecule has 11 heavy (non-hydrogen) atoms. The molecule has 1 radical (unpaired) electrons. The van der Waals surface area contributed by atoms with Gasteiger partial charge in [-0.2, -0.15) is 0 Å². The van der Waals surface area contributed by atoms with Crippen molar-refractivity contribution in [2.75, 3.05) is 0 Å². The molecule has 0 heterocycles. The molecular formula is C7H6Cl3Ti. The van der Waals surface area contributed by atoms with Crippen LogP contribution in [0.1, 0.15) is 0 Å². The Kier molecular flexibility index (Phi) is 5.42. The molecule has 0 N–H and O–H groups in total. The average molecular weight is 244 g/mol. The zero-order valence-electron chi connectivity index (χ0n) is 5.60. The molecule has 0 aromatic heterocycles. The van der Waals surface area contributed by atoms with E-state index < -0.39 is 3.79 Å². The van der Waals surface area contributed by atoms with Gasteiger partial charge in [0.25, 0.3) is 0 Å². The molecule has 0 saturated carbocycles. The third-order valence-corrected chi connectivity index (χ3v) is 1.54. The summed E-state index contributed by atoms with van der Waals surface area (Å²) in [6.45, 7) is 0. The van der Waals surface area contributed by atoms with Crippen molar-refractivity contribution in [2.45, 2.75) is 3.79 Å². The van der Waals surface area contributed by atoms with Crippen molar-refractivity contribution >= 4 is 34.8 Å². The number of alkyl halides is 3. The van der Waals surface area contributed by atoms with E-state index in [1.807, 2.05) is 24.3 Å². The van der Waals surface area contributed by atoms with E-state index in [-0.39, 0.29) is 27.6 Å². The minimum Gasteiger partial charge on any atom is -0.0833 e. The Morgan fingerprint density at radius 3 is 1.91 bits per heavy atom. The van der Waals surface area contributed by atoms with Crippen LogP contribution in [-0.2, 0) is 21.7 Å². The van der Waals surface area contributed by atoms with Crippen LogP contribution in [0.25, 0.3) is 0 Å². The summed E-state index contributed by atoms with van der Waals surface area (Å²) < 4.78 is -1.25. The number of hydrogen-bond donors (Lipinski definition) is 0. The first kappa shape index (κ1) is 12.1. The Bertz CT molecular complexity index is 157. The van der Waals surface area contributed by atoms with E-state index in [2.05, 4.69) is 0 Å². The monoisotopic (exact) mass is 243 g/mol. The maximum Gasteiger partial charge on any atom is 0.194 e. The predicted molar refractivity (Wildman–Crippen MR) is 46.4 cm³/mol. The molecule has 0 atom stereocenters. The second-order valence-electron chi connectivity index (χ2n) is 2.06. The van der Waals surface area contributed by atoms with E-state index in [4.69, 9.17) is 34.8 Å². The Labute approximate surface area is 96.5 Å². The van der Waals surface area contributed by atoms with E-state index in [9.17, 15) is 0 Å². The molecule has 0 unspecified atom stereocenters. The Morgan fingerprint density at radius 2 is 1.55 bits per heavy atom. The topological polar surface area (TPSA) is 0 Å². The van der Waals surface area contributed by atoms with Crippen LogP contribution in [0.3, 0.4) is 0 Å². The molecule has 0 fully saturated rings. The SMILES string of the molecule is ClC(Cl)(Cl)[CH]C1C=CC=C1.[Ti]. The Hall–Kier alpha value is 1.06. The van der Waals surface area contributed by atoms with Crippen molar-refractivity contribution in [3.05, 3.63) is 30.7 Å². The van der Waals surface area contributed by atoms with E-state index in [1.165, 1.54) is 0 Å². The van der Waals surface area contributed by atoms with Crippen LogP contribution < -0.4 is 0 Å². The average Bonchev–Trinajstić information content (AvgIpc) is 2.12.